The standard InChI is InChI=1S/C11H15ClO4/c1-14-8-4-9(15-2)6-11(5-8,16-3)10(13)7-12/h4-5H,6-7H2,1-3H3. The van der Waals surface area contributed by atoms with Gasteiger partial charge in [0.2, 0.25) is 0 Å². The summed E-state index contributed by atoms with van der Waals surface area (Å²) in [6.07, 6.45) is 3.68. The SMILES string of the molecule is COC1=CC(OC)(C(=O)CCl)CC(OC)=C1. The average Bonchev–Trinajstić information content (AvgIpc) is 2.36. The third-order valence-corrected chi connectivity index (χ3v) is 2.81. The van der Waals surface area contributed by atoms with Crippen LogP contribution in [0.15, 0.2) is 23.7 Å². The fourth-order valence-electron chi connectivity index (χ4n) is 1.58. The van der Waals surface area contributed by atoms with Gasteiger partial charge in [0.15, 0.2) is 11.4 Å². The summed E-state index contributed by atoms with van der Waals surface area (Å²) >= 11 is 5.58. The van der Waals surface area contributed by atoms with Crippen molar-refractivity contribution in [3.63, 3.8) is 0 Å². The summed E-state index contributed by atoms with van der Waals surface area (Å²) < 4.78 is 15.5. The molecule has 0 aliphatic heterocycles. The number of hydrogen-bond acceptors (Lipinski definition) is 4. The summed E-state index contributed by atoms with van der Waals surface area (Å²) in [7, 11) is 4.52. The fraction of sp³-hybridized carbons (Fsp3) is 0.545. The number of ketones is 1. The first kappa shape index (κ1) is 13.1. The molecule has 0 spiro atoms. The van der Waals surface area contributed by atoms with Gasteiger partial charge in [-0.25, -0.2) is 0 Å². The summed E-state index contributed by atoms with van der Waals surface area (Å²) in [5, 5.41) is 0. The quantitative estimate of drug-likeness (QED) is 0.692. The predicted octanol–water partition coefficient (Wildman–Crippen LogP) is 1.64. The van der Waals surface area contributed by atoms with Crippen molar-refractivity contribution >= 4 is 17.4 Å². The number of carbonyl (C=O) groups is 1. The molecule has 0 aromatic rings. The minimum absolute atomic E-state index is 0.113. The normalized spacial score (nSPS) is 24.5. The van der Waals surface area contributed by atoms with Crippen LogP contribution in [0.25, 0.3) is 0 Å². The molecule has 0 N–H and O–H groups in total. The third-order valence-electron chi connectivity index (χ3n) is 2.57. The van der Waals surface area contributed by atoms with E-state index in [2.05, 4.69) is 0 Å². The van der Waals surface area contributed by atoms with Crippen molar-refractivity contribution in [3.8, 4) is 0 Å². The van der Waals surface area contributed by atoms with Gasteiger partial charge in [-0.1, -0.05) is 0 Å². The summed E-state index contributed by atoms with van der Waals surface area (Å²) in [6.45, 7) is 0. The molecule has 4 nitrogen and oxygen atoms in total. The van der Waals surface area contributed by atoms with Crippen LogP contribution in [-0.4, -0.2) is 38.6 Å². The zero-order chi connectivity index (χ0) is 12.2. The van der Waals surface area contributed by atoms with Crippen LogP contribution < -0.4 is 0 Å². The highest BCUT2D eigenvalue weighted by molar-refractivity contribution is 6.29. The van der Waals surface area contributed by atoms with E-state index in [1.165, 1.54) is 21.3 Å². The van der Waals surface area contributed by atoms with Gasteiger partial charge in [0.25, 0.3) is 0 Å². The lowest BCUT2D eigenvalue weighted by Crippen LogP contribution is -2.42. The van der Waals surface area contributed by atoms with Crippen LogP contribution in [0, 0.1) is 0 Å². The summed E-state index contributed by atoms with van der Waals surface area (Å²) in [5.41, 5.74) is -1.08. The number of carbonyl (C=O) groups excluding carboxylic acids is 1. The Kier molecular flexibility index (Phi) is 4.38. The number of ether oxygens (including phenoxy) is 3. The molecule has 0 bridgehead atoms. The molecule has 0 saturated carbocycles. The van der Waals surface area contributed by atoms with Crippen LogP contribution in [0.4, 0.5) is 0 Å². The molecule has 1 aliphatic carbocycles. The first-order valence-corrected chi connectivity index (χ1v) is 5.31. The van der Waals surface area contributed by atoms with E-state index in [0.717, 1.165) is 0 Å². The Labute approximate surface area is 99.8 Å². The van der Waals surface area contributed by atoms with Gasteiger partial charge in [0.1, 0.15) is 11.5 Å². The maximum atomic E-state index is 11.8. The maximum Gasteiger partial charge on any atom is 0.183 e. The highest BCUT2D eigenvalue weighted by Crippen LogP contribution is 2.31. The van der Waals surface area contributed by atoms with E-state index >= 15 is 0 Å². The Bertz CT molecular complexity index is 335. The molecule has 1 unspecified atom stereocenters. The van der Waals surface area contributed by atoms with Crippen LogP contribution in [0.2, 0.25) is 0 Å². The molecule has 0 aromatic carbocycles. The van der Waals surface area contributed by atoms with E-state index in [4.69, 9.17) is 25.8 Å². The summed E-state index contributed by atoms with van der Waals surface area (Å²) in [6, 6.07) is 0. The molecule has 16 heavy (non-hydrogen) atoms. The van der Waals surface area contributed by atoms with Gasteiger partial charge in [-0.05, 0) is 6.08 Å². The smallest absolute Gasteiger partial charge is 0.183 e. The van der Waals surface area contributed by atoms with Crippen molar-refractivity contribution < 1.29 is 19.0 Å². The highest BCUT2D eigenvalue weighted by atomic mass is 35.5. The van der Waals surface area contributed by atoms with Gasteiger partial charge in [0, 0.05) is 19.6 Å². The molecule has 0 heterocycles. The predicted molar refractivity (Wildman–Crippen MR) is 60.3 cm³/mol. The van der Waals surface area contributed by atoms with Crippen LogP contribution in [-0.2, 0) is 19.0 Å². The molecular weight excluding hydrogens is 232 g/mol. The van der Waals surface area contributed by atoms with E-state index in [0.29, 0.717) is 17.9 Å². The number of Topliss-reactive ketones (excluding diaryl/α,β-unsaturated/α-hetero) is 1. The van der Waals surface area contributed by atoms with Gasteiger partial charge in [-0.3, -0.25) is 4.79 Å². The largest absolute Gasteiger partial charge is 0.501 e. The topological polar surface area (TPSA) is 44.8 Å². The molecule has 1 rings (SSSR count). The zero-order valence-electron chi connectivity index (χ0n) is 9.58. The van der Waals surface area contributed by atoms with E-state index < -0.39 is 5.60 Å². The molecule has 0 amide bonds. The fourth-order valence-corrected chi connectivity index (χ4v) is 1.80. The second-order valence-corrected chi connectivity index (χ2v) is 3.66. The third kappa shape index (κ3) is 2.39. The Morgan fingerprint density at radius 2 is 2.12 bits per heavy atom. The second kappa shape index (κ2) is 5.37. The molecule has 1 aliphatic rings. The number of hydrogen-bond donors (Lipinski definition) is 0. The monoisotopic (exact) mass is 246 g/mol. The number of alkyl halides is 1. The lowest BCUT2D eigenvalue weighted by molar-refractivity contribution is -0.134. The first-order chi connectivity index (χ1) is 7.61. The number of rotatable bonds is 5. The average molecular weight is 247 g/mol. The van der Waals surface area contributed by atoms with Gasteiger partial charge in [-0.15, -0.1) is 11.6 Å². The van der Waals surface area contributed by atoms with Gasteiger partial charge in [0.05, 0.1) is 20.1 Å². The second-order valence-electron chi connectivity index (χ2n) is 3.39. The lowest BCUT2D eigenvalue weighted by Gasteiger charge is -2.31. The van der Waals surface area contributed by atoms with E-state index in [1.54, 1.807) is 12.2 Å². The first-order valence-electron chi connectivity index (χ1n) is 4.77. The van der Waals surface area contributed by atoms with Crippen LogP contribution in [0.5, 0.6) is 0 Å². The Balaban J connectivity index is 3.09. The van der Waals surface area contributed by atoms with E-state index in [9.17, 15) is 4.79 Å². The van der Waals surface area contributed by atoms with Crippen molar-refractivity contribution in [1.29, 1.82) is 0 Å². The molecular formula is C11H15ClO4. The molecule has 90 valence electrons. The molecule has 5 heteroatoms. The minimum atomic E-state index is -1.08. The minimum Gasteiger partial charge on any atom is -0.501 e. The maximum absolute atomic E-state index is 11.8. The van der Waals surface area contributed by atoms with Crippen LogP contribution >= 0.6 is 11.6 Å². The van der Waals surface area contributed by atoms with Crippen molar-refractivity contribution in [3.05, 3.63) is 23.7 Å². The van der Waals surface area contributed by atoms with E-state index in [1.807, 2.05) is 0 Å². The summed E-state index contributed by atoms with van der Waals surface area (Å²) in [4.78, 5) is 11.8. The highest BCUT2D eigenvalue weighted by Gasteiger charge is 2.39. The number of allylic oxidation sites excluding steroid dienone is 1. The Morgan fingerprint density at radius 1 is 1.44 bits per heavy atom. The Hall–Kier alpha value is -1.00. The van der Waals surface area contributed by atoms with Crippen LogP contribution in [0.3, 0.4) is 0 Å². The van der Waals surface area contributed by atoms with Gasteiger partial charge in [-0.2, -0.15) is 0 Å². The number of methoxy groups -OCH3 is 3. The van der Waals surface area contributed by atoms with E-state index in [-0.39, 0.29) is 11.7 Å². The molecule has 1 atom stereocenters. The Morgan fingerprint density at radius 3 is 2.56 bits per heavy atom. The number of halogens is 1. The summed E-state index contributed by atoms with van der Waals surface area (Å²) in [5.74, 6) is 0.829. The molecule has 0 aromatic heterocycles. The molecule has 0 radical (unpaired) electrons. The van der Waals surface area contributed by atoms with Crippen molar-refractivity contribution in [2.75, 3.05) is 27.2 Å². The van der Waals surface area contributed by atoms with Crippen molar-refractivity contribution in [2.24, 2.45) is 0 Å². The molecule has 0 fully saturated rings. The molecule has 0 saturated heterocycles. The van der Waals surface area contributed by atoms with Gasteiger partial charge < -0.3 is 14.2 Å². The van der Waals surface area contributed by atoms with Crippen molar-refractivity contribution in [2.45, 2.75) is 12.0 Å². The van der Waals surface area contributed by atoms with Crippen LogP contribution in [0.1, 0.15) is 6.42 Å². The van der Waals surface area contributed by atoms with Crippen molar-refractivity contribution in [1.82, 2.24) is 0 Å². The van der Waals surface area contributed by atoms with Gasteiger partial charge >= 0.3 is 0 Å². The zero-order valence-corrected chi connectivity index (χ0v) is 10.3. The lowest BCUT2D eigenvalue weighted by atomic mass is 9.89.